The number of rotatable bonds is 7. The van der Waals surface area contributed by atoms with Crippen molar-refractivity contribution in [2.75, 3.05) is 13.3 Å². The van der Waals surface area contributed by atoms with Crippen LogP contribution in [0.15, 0.2) is 48.5 Å². The van der Waals surface area contributed by atoms with Gasteiger partial charge in [-0.3, -0.25) is 24.0 Å². The van der Waals surface area contributed by atoms with Crippen LogP contribution in [-0.2, 0) is 35.3 Å². The van der Waals surface area contributed by atoms with Gasteiger partial charge >= 0.3 is 5.97 Å². The molecule has 0 bridgehead atoms. The van der Waals surface area contributed by atoms with Gasteiger partial charge in [-0.15, -0.1) is 0 Å². The number of carbonyl (C=O) groups excluding carboxylic acids is 5. The minimum atomic E-state index is -1.10. The lowest BCUT2D eigenvalue weighted by Crippen LogP contribution is -2.55. The minimum absolute atomic E-state index is 0.00166. The van der Waals surface area contributed by atoms with Crippen LogP contribution >= 0.6 is 0 Å². The van der Waals surface area contributed by atoms with Crippen molar-refractivity contribution >= 4 is 29.6 Å². The molecule has 0 aliphatic carbocycles. The molecule has 4 atom stereocenters. The summed E-state index contributed by atoms with van der Waals surface area (Å²) >= 11 is 0. The molecule has 0 radical (unpaired) electrons. The van der Waals surface area contributed by atoms with Crippen LogP contribution in [0.5, 0.6) is 11.5 Å². The molecule has 222 valence electrons. The van der Waals surface area contributed by atoms with Crippen molar-refractivity contribution < 1.29 is 42.9 Å². The average Bonchev–Trinajstić information content (AvgIpc) is 3.60. The van der Waals surface area contributed by atoms with Gasteiger partial charge in [-0.1, -0.05) is 30.3 Å². The molecule has 2 aromatic rings. The van der Waals surface area contributed by atoms with Crippen LogP contribution in [0.4, 0.5) is 0 Å². The molecule has 3 aliphatic rings. The van der Waals surface area contributed by atoms with Gasteiger partial charge in [-0.05, 0) is 43.0 Å². The second-order valence-electron chi connectivity index (χ2n) is 10.2. The molecule has 4 amide bonds. The molecule has 13 nitrogen and oxygen atoms in total. The van der Waals surface area contributed by atoms with E-state index >= 15 is 0 Å². The summed E-state index contributed by atoms with van der Waals surface area (Å²) in [6, 6.07) is 11.1. The van der Waals surface area contributed by atoms with E-state index in [4.69, 9.17) is 18.9 Å². The van der Waals surface area contributed by atoms with Gasteiger partial charge in [0.15, 0.2) is 11.5 Å². The fourth-order valence-electron chi connectivity index (χ4n) is 4.83. The van der Waals surface area contributed by atoms with Crippen LogP contribution in [0.25, 0.3) is 0 Å². The average molecular weight is 581 g/mol. The van der Waals surface area contributed by atoms with E-state index < -0.39 is 48.1 Å². The SMILES string of the molecule is O=C1CCC(NC(=O)c2ccc3c(c2)OCO3)C(=O)N[C@H](C(=O)N[C@H]2CC(=O)O[C@@H]2OCc2ccccc2)CCCN1. The number of carbonyl (C=O) groups is 5. The summed E-state index contributed by atoms with van der Waals surface area (Å²) in [7, 11) is 0. The van der Waals surface area contributed by atoms with Crippen molar-refractivity contribution in [3.63, 3.8) is 0 Å². The highest BCUT2D eigenvalue weighted by molar-refractivity contribution is 5.99. The van der Waals surface area contributed by atoms with Crippen LogP contribution in [0.2, 0.25) is 0 Å². The first kappa shape index (κ1) is 28.9. The van der Waals surface area contributed by atoms with Crippen LogP contribution in [0.1, 0.15) is 48.0 Å². The number of benzene rings is 2. The maximum absolute atomic E-state index is 13.3. The molecule has 42 heavy (non-hydrogen) atoms. The molecule has 5 rings (SSSR count). The molecular formula is C29H32N4O9. The summed E-state index contributed by atoms with van der Waals surface area (Å²) in [4.78, 5) is 64.1. The Kier molecular flexibility index (Phi) is 9.17. The summed E-state index contributed by atoms with van der Waals surface area (Å²) in [5.74, 6) is -1.57. The van der Waals surface area contributed by atoms with Gasteiger partial charge in [-0.2, -0.15) is 0 Å². The lowest BCUT2D eigenvalue weighted by atomic mass is 10.1. The number of nitrogens with one attached hydrogen (secondary N) is 4. The molecule has 0 aromatic heterocycles. The number of hydrogen-bond donors (Lipinski definition) is 4. The Hall–Kier alpha value is -4.65. The van der Waals surface area contributed by atoms with Gasteiger partial charge in [-0.25, -0.2) is 0 Å². The van der Waals surface area contributed by atoms with Crippen molar-refractivity contribution in [2.24, 2.45) is 0 Å². The predicted octanol–water partition coefficient (Wildman–Crippen LogP) is 0.663. The third-order valence-electron chi connectivity index (χ3n) is 7.09. The molecule has 2 aromatic carbocycles. The quantitative estimate of drug-likeness (QED) is 0.344. The van der Waals surface area contributed by atoms with E-state index in [1.54, 1.807) is 6.07 Å². The van der Waals surface area contributed by atoms with E-state index in [2.05, 4.69) is 21.3 Å². The molecule has 2 saturated heterocycles. The summed E-state index contributed by atoms with van der Waals surface area (Å²) in [6.45, 7) is 0.529. The van der Waals surface area contributed by atoms with E-state index in [-0.39, 0.29) is 50.6 Å². The van der Waals surface area contributed by atoms with E-state index in [1.807, 2.05) is 30.3 Å². The highest BCUT2D eigenvalue weighted by atomic mass is 16.7. The Morgan fingerprint density at radius 2 is 1.79 bits per heavy atom. The summed E-state index contributed by atoms with van der Waals surface area (Å²) in [5, 5.41) is 10.9. The van der Waals surface area contributed by atoms with Gasteiger partial charge in [0.1, 0.15) is 18.1 Å². The van der Waals surface area contributed by atoms with Gasteiger partial charge < -0.3 is 40.2 Å². The maximum Gasteiger partial charge on any atom is 0.310 e. The third-order valence-corrected chi connectivity index (χ3v) is 7.09. The Morgan fingerprint density at radius 1 is 0.976 bits per heavy atom. The number of ether oxygens (including phenoxy) is 4. The summed E-state index contributed by atoms with van der Waals surface area (Å²) in [5.41, 5.74) is 1.12. The van der Waals surface area contributed by atoms with Crippen molar-refractivity contribution in [2.45, 2.75) is 63.1 Å². The van der Waals surface area contributed by atoms with Crippen LogP contribution in [-0.4, -0.2) is 67.4 Å². The van der Waals surface area contributed by atoms with Crippen molar-refractivity contribution in [1.82, 2.24) is 21.3 Å². The minimum Gasteiger partial charge on any atom is -0.454 e. The molecule has 2 fully saturated rings. The van der Waals surface area contributed by atoms with Crippen molar-refractivity contribution in [3.8, 4) is 11.5 Å². The topological polar surface area (TPSA) is 170 Å². The Labute approximate surface area is 241 Å². The molecule has 3 aliphatic heterocycles. The first-order chi connectivity index (χ1) is 20.4. The van der Waals surface area contributed by atoms with Crippen LogP contribution < -0.4 is 30.7 Å². The van der Waals surface area contributed by atoms with Crippen LogP contribution in [0.3, 0.4) is 0 Å². The molecular weight excluding hydrogens is 548 g/mol. The van der Waals surface area contributed by atoms with Gasteiger partial charge in [0, 0.05) is 18.5 Å². The Balaban J connectivity index is 1.24. The number of amides is 4. The second-order valence-corrected chi connectivity index (χ2v) is 10.2. The highest BCUT2D eigenvalue weighted by Gasteiger charge is 2.38. The first-order valence-electron chi connectivity index (χ1n) is 13.8. The Morgan fingerprint density at radius 3 is 2.62 bits per heavy atom. The van der Waals surface area contributed by atoms with Crippen molar-refractivity contribution in [3.05, 3.63) is 59.7 Å². The third kappa shape index (κ3) is 7.35. The number of hydrogen-bond acceptors (Lipinski definition) is 9. The zero-order valence-corrected chi connectivity index (χ0v) is 22.8. The molecule has 0 saturated carbocycles. The van der Waals surface area contributed by atoms with E-state index in [9.17, 15) is 24.0 Å². The zero-order chi connectivity index (χ0) is 29.5. The standard InChI is InChI=1S/C29H32N4O9/c34-24-11-9-20(31-26(36)18-8-10-22-23(13-18)41-16-40-22)28(38)32-19(7-4-12-30-24)27(37)33-21-14-25(35)42-29(21)39-15-17-5-2-1-3-6-17/h1-3,5-6,8,10,13,19-21,29H,4,7,9,11-12,14-16H2,(H,30,34)(H,31,36)(H,32,38)(H,33,37)/t19-,20?,21-,29-/m0/s1. The second kappa shape index (κ2) is 13.3. The Bertz CT molecular complexity index is 1340. The van der Waals surface area contributed by atoms with Gasteiger partial charge in [0.25, 0.3) is 5.91 Å². The van der Waals surface area contributed by atoms with Crippen molar-refractivity contribution in [1.29, 1.82) is 0 Å². The fraction of sp³-hybridized carbons (Fsp3) is 0.414. The lowest BCUT2D eigenvalue weighted by Gasteiger charge is -2.25. The molecule has 4 N–H and O–H groups in total. The highest BCUT2D eigenvalue weighted by Crippen LogP contribution is 2.32. The van der Waals surface area contributed by atoms with Gasteiger partial charge in [0.2, 0.25) is 30.8 Å². The number of fused-ring (bicyclic) bond motifs is 1. The van der Waals surface area contributed by atoms with E-state index in [0.717, 1.165) is 5.56 Å². The number of esters is 1. The predicted molar refractivity (Wildman–Crippen MR) is 145 cm³/mol. The van der Waals surface area contributed by atoms with E-state index in [0.29, 0.717) is 24.5 Å². The zero-order valence-electron chi connectivity index (χ0n) is 22.8. The molecule has 13 heteroatoms. The fourth-order valence-corrected chi connectivity index (χ4v) is 4.83. The maximum atomic E-state index is 13.3. The molecule has 0 spiro atoms. The smallest absolute Gasteiger partial charge is 0.310 e. The normalized spacial score (nSPS) is 24.0. The summed E-state index contributed by atoms with van der Waals surface area (Å²) < 4.78 is 21.6. The molecule has 1 unspecified atom stereocenters. The van der Waals surface area contributed by atoms with Crippen LogP contribution in [0, 0.1) is 0 Å². The lowest BCUT2D eigenvalue weighted by molar-refractivity contribution is -0.168. The van der Waals surface area contributed by atoms with Gasteiger partial charge in [0.05, 0.1) is 13.0 Å². The summed E-state index contributed by atoms with van der Waals surface area (Å²) in [6.07, 6.45) is -0.450. The monoisotopic (exact) mass is 580 g/mol. The van der Waals surface area contributed by atoms with E-state index in [1.165, 1.54) is 12.1 Å². The largest absolute Gasteiger partial charge is 0.454 e. The first-order valence-corrected chi connectivity index (χ1v) is 13.8. The molecule has 3 heterocycles. The number of cyclic esters (lactones) is 1.